The van der Waals surface area contributed by atoms with E-state index < -0.39 is 10.0 Å². The first-order valence-electron chi connectivity index (χ1n) is 2.97. The van der Waals surface area contributed by atoms with Gasteiger partial charge in [-0.05, 0) is 11.6 Å². The highest BCUT2D eigenvalue weighted by Gasteiger charge is 2.03. The van der Waals surface area contributed by atoms with E-state index in [0.717, 1.165) is 5.56 Å². The maximum absolute atomic E-state index is 10.9. The Bertz CT molecular complexity index is 341. The first-order valence-corrected chi connectivity index (χ1v) is 5.94. The van der Waals surface area contributed by atoms with E-state index in [-0.39, 0.29) is 0 Å². The number of alkyl halides is 1. The van der Waals surface area contributed by atoms with Crippen molar-refractivity contribution in [3.8, 4) is 0 Å². The standard InChI is InChI=1S/C6H8BrNO2S/c1-11(9,10)8-3-2-6(4-7)5-8/h2-3,5H,4H2,1H3. The number of hydrogen-bond acceptors (Lipinski definition) is 2. The van der Waals surface area contributed by atoms with E-state index in [1.807, 2.05) is 0 Å². The average Bonchev–Trinajstić information content (AvgIpc) is 2.32. The van der Waals surface area contributed by atoms with E-state index >= 15 is 0 Å². The van der Waals surface area contributed by atoms with Gasteiger partial charge in [-0.25, -0.2) is 8.42 Å². The van der Waals surface area contributed by atoms with Crippen molar-refractivity contribution in [2.24, 2.45) is 0 Å². The van der Waals surface area contributed by atoms with Gasteiger partial charge in [-0.3, -0.25) is 3.97 Å². The monoisotopic (exact) mass is 237 g/mol. The Hall–Kier alpha value is -0.290. The minimum atomic E-state index is -3.10. The van der Waals surface area contributed by atoms with Gasteiger partial charge in [0, 0.05) is 17.7 Å². The maximum atomic E-state index is 10.9. The number of halogens is 1. The van der Waals surface area contributed by atoms with Crippen LogP contribution < -0.4 is 0 Å². The van der Waals surface area contributed by atoms with Crippen molar-refractivity contribution in [1.82, 2.24) is 3.97 Å². The summed E-state index contributed by atoms with van der Waals surface area (Å²) in [5.74, 6) is 0. The third kappa shape index (κ3) is 2.07. The van der Waals surface area contributed by atoms with E-state index in [1.54, 1.807) is 12.3 Å². The molecule has 0 radical (unpaired) electrons. The Labute approximate surface area is 74.2 Å². The molecule has 0 aliphatic carbocycles. The Balaban J connectivity index is 3.09. The molecular formula is C6H8BrNO2S. The summed E-state index contributed by atoms with van der Waals surface area (Å²) in [6.45, 7) is 0. The molecule has 0 saturated heterocycles. The summed E-state index contributed by atoms with van der Waals surface area (Å²) in [4.78, 5) is 0. The molecule has 0 aliphatic rings. The van der Waals surface area contributed by atoms with E-state index in [4.69, 9.17) is 0 Å². The topological polar surface area (TPSA) is 39.1 Å². The second-order valence-electron chi connectivity index (χ2n) is 2.25. The lowest BCUT2D eigenvalue weighted by molar-refractivity contribution is 0.593. The second-order valence-corrected chi connectivity index (χ2v) is 4.69. The molecule has 0 saturated carbocycles. The summed E-state index contributed by atoms with van der Waals surface area (Å²) >= 11 is 3.23. The van der Waals surface area contributed by atoms with Crippen molar-refractivity contribution >= 4 is 26.0 Å². The van der Waals surface area contributed by atoms with Gasteiger partial charge < -0.3 is 0 Å². The number of hydrogen-bond donors (Lipinski definition) is 0. The van der Waals surface area contributed by atoms with Crippen molar-refractivity contribution in [2.75, 3.05) is 6.26 Å². The van der Waals surface area contributed by atoms with Gasteiger partial charge in [0.05, 0.1) is 6.26 Å². The highest BCUT2D eigenvalue weighted by molar-refractivity contribution is 9.08. The first kappa shape index (κ1) is 8.80. The predicted octanol–water partition coefficient (Wildman–Crippen LogP) is 1.19. The average molecular weight is 238 g/mol. The molecular weight excluding hydrogens is 230 g/mol. The summed E-state index contributed by atoms with van der Waals surface area (Å²) in [5.41, 5.74) is 0.954. The van der Waals surface area contributed by atoms with Gasteiger partial charge in [0.25, 0.3) is 0 Å². The molecule has 3 nitrogen and oxygen atoms in total. The van der Waals surface area contributed by atoms with Crippen LogP contribution >= 0.6 is 15.9 Å². The molecule has 0 fully saturated rings. The van der Waals surface area contributed by atoms with Crippen LogP contribution in [0.4, 0.5) is 0 Å². The van der Waals surface area contributed by atoms with Crippen molar-refractivity contribution < 1.29 is 8.42 Å². The Morgan fingerprint density at radius 3 is 2.55 bits per heavy atom. The van der Waals surface area contributed by atoms with Crippen LogP contribution in [0.1, 0.15) is 5.56 Å². The fourth-order valence-corrected chi connectivity index (χ4v) is 1.64. The van der Waals surface area contributed by atoms with Gasteiger partial charge in [-0.15, -0.1) is 0 Å². The van der Waals surface area contributed by atoms with Gasteiger partial charge in [0.15, 0.2) is 0 Å². The van der Waals surface area contributed by atoms with Crippen molar-refractivity contribution in [3.63, 3.8) is 0 Å². The van der Waals surface area contributed by atoms with Crippen LogP contribution in [0.15, 0.2) is 18.5 Å². The van der Waals surface area contributed by atoms with Gasteiger partial charge in [0.2, 0.25) is 10.0 Å². The lowest BCUT2D eigenvalue weighted by atomic mass is 10.4. The second kappa shape index (κ2) is 2.98. The minimum absolute atomic E-state index is 0.676. The Morgan fingerprint density at radius 1 is 1.64 bits per heavy atom. The van der Waals surface area contributed by atoms with E-state index in [2.05, 4.69) is 15.9 Å². The molecule has 1 heterocycles. The molecule has 0 spiro atoms. The highest BCUT2D eigenvalue weighted by Crippen LogP contribution is 2.07. The molecule has 1 aromatic heterocycles. The Kier molecular flexibility index (Phi) is 2.39. The zero-order valence-corrected chi connectivity index (χ0v) is 8.39. The van der Waals surface area contributed by atoms with E-state index in [0.29, 0.717) is 5.33 Å². The van der Waals surface area contributed by atoms with Gasteiger partial charge in [0.1, 0.15) is 0 Å². The van der Waals surface area contributed by atoms with Gasteiger partial charge in [-0.1, -0.05) is 15.9 Å². The quantitative estimate of drug-likeness (QED) is 0.726. The molecule has 5 heteroatoms. The lowest BCUT2D eigenvalue weighted by Crippen LogP contribution is -2.06. The summed E-state index contributed by atoms with van der Waals surface area (Å²) in [5, 5.41) is 0.676. The fourth-order valence-electron chi connectivity index (χ4n) is 0.704. The Morgan fingerprint density at radius 2 is 2.27 bits per heavy atom. The molecule has 1 rings (SSSR count). The van der Waals surface area contributed by atoms with Crippen LogP contribution in [0.25, 0.3) is 0 Å². The first-order chi connectivity index (χ1) is 5.04. The van der Waals surface area contributed by atoms with E-state index in [9.17, 15) is 8.42 Å². The van der Waals surface area contributed by atoms with Crippen LogP contribution in [0.2, 0.25) is 0 Å². The van der Waals surface area contributed by atoms with Crippen molar-refractivity contribution in [1.29, 1.82) is 0 Å². The third-order valence-electron chi connectivity index (χ3n) is 1.27. The summed E-state index contributed by atoms with van der Waals surface area (Å²) in [6, 6.07) is 1.76. The summed E-state index contributed by atoms with van der Waals surface area (Å²) in [7, 11) is -3.10. The molecule has 0 aliphatic heterocycles. The molecule has 1 aromatic rings. The fraction of sp³-hybridized carbons (Fsp3) is 0.333. The van der Waals surface area contributed by atoms with Gasteiger partial charge >= 0.3 is 0 Å². The maximum Gasteiger partial charge on any atom is 0.235 e. The van der Waals surface area contributed by atoms with Crippen LogP contribution in [0.5, 0.6) is 0 Å². The molecule has 11 heavy (non-hydrogen) atoms. The highest BCUT2D eigenvalue weighted by atomic mass is 79.9. The van der Waals surface area contributed by atoms with Crippen molar-refractivity contribution in [2.45, 2.75) is 5.33 Å². The lowest BCUT2D eigenvalue weighted by Gasteiger charge is -1.95. The summed E-state index contributed by atoms with van der Waals surface area (Å²) < 4.78 is 23.0. The van der Waals surface area contributed by atoms with Crippen LogP contribution in [-0.2, 0) is 15.4 Å². The normalized spacial score (nSPS) is 11.8. The molecule has 0 aromatic carbocycles. The minimum Gasteiger partial charge on any atom is -0.253 e. The summed E-state index contributed by atoms with van der Waals surface area (Å²) in [6.07, 6.45) is 4.29. The van der Waals surface area contributed by atoms with Crippen LogP contribution in [0.3, 0.4) is 0 Å². The molecule has 0 N–H and O–H groups in total. The predicted molar refractivity (Wildman–Crippen MR) is 47.3 cm³/mol. The molecule has 0 unspecified atom stereocenters. The molecule has 0 amide bonds. The molecule has 0 bridgehead atoms. The molecule has 62 valence electrons. The zero-order chi connectivity index (χ0) is 8.48. The smallest absolute Gasteiger partial charge is 0.235 e. The number of aromatic nitrogens is 1. The molecule has 0 atom stereocenters. The number of nitrogens with zero attached hydrogens (tertiary/aromatic N) is 1. The van der Waals surface area contributed by atoms with Crippen LogP contribution in [0, 0.1) is 0 Å². The van der Waals surface area contributed by atoms with Gasteiger partial charge in [-0.2, -0.15) is 0 Å². The largest absolute Gasteiger partial charge is 0.253 e. The van der Waals surface area contributed by atoms with Crippen molar-refractivity contribution in [3.05, 3.63) is 24.0 Å². The van der Waals surface area contributed by atoms with Crippen LogP contribution in [-0.4, -0.2) is 18.6 Å². The SMILES string of the molecule is CS(=O)(=O)n1ccc(CBr)c1. The third-order valence-corrected chi connectivity index (χ3v) is 2.91. The number of rotatable bonds is 2. The zero-order valence-electron chi connectivity index (χ0n) is 5.99. The van der Waals surface area contributed by atoms with E-state index in [1.165, 1.54) is 16.4 Å².